The van der Waals surface area contributed by atoms with Crippen molar-refractivity contribution in [3.63, 3.8) is 0 Å². The monoisotopic (exact) mass is 305 g/mol. The summed E-state index contributed by atoms with van der Waals surface area (Å²) in [5.74, 6) is 1.17. The Morgan fingerprint density at radius 3 is 2.71 bits per heavy atom. The highest BCUT2D eigenvalue weighted by molar-refractivity contribution is 7.11. The Hall–Kier alpha value is -2.22. The van der Waals surface area contributed by atoms with Gasteiger partial charge in [0.05, 0.1) is 7.11 Å². The molecule has 8 heteroatoms. The van der Waals surface area contributed by atoms with Crippen LogP contribution in [0.3, 0.4) is 0 Å². The summed E-state index contributed by atoms with van der Waals surface area (Å²) in [6.45, 7) is 2.67. The van der Waals surface area contributed by atoms with Crippen molar-refractivity contribution >= 4 is 23.2 Å². The fraction of sp³-hybridized carbons (Fsp3) is 0.385. The molecule has 2 aromatic rings. The first-order valence-electron chi connectivity index (χ1n) is 6.58. The third kappa shape index (κ3) is 2.94. The molecule has 1 amide bonds. The summed E-state index contributed by atoms with van der Waals surface area (Å²) in [5, 5.41) is 2.36. The second-order valence-corrected chi connectivity index (χ2v) is 5.41. The summed E-state index contributed by atoms with van der Waals surface area (Å²) in [7, 11) is 1.58. The van der Waals surface area contributed by atoms with E-state index in [0.717, 1.165) is 0 Å². The number of hydrogen-bond acceptors (Lipinski definition) is 7. The fourth-order valence-electron chi connectivity index (χ4n) is 2.17. The Kier molecular flexibility index (Phi) is 3.96. The van der Waals surface area contributed by atoms with Crippen LogP contribution in [-0.2, 0) is 0 Å². The lowest BCUT2D eigenvalue weighted by Crippen LogP contribution is -2.49. The number of thiazole rings is 1. The standard InChI is InChI=1S/C13H15N5O2S/c1-20-10-2-3-15-13(16-10)18-7-5-17(6-8-18)12(19)11-14-4-9-21-11/h2-4,9H,5-8H2,1H3. The lowest BCUT2D eigenvalue weighted by atomic mass is 10.3. The zero-order valence-corrected chi connectivity index (χ0v) is 12.4. The van der Waals surface area contributed by atoms with Crippen molar-refractivity contribution in [1.29, 1.82) is 0 Å². The molecule has 3 heterocycles. The number of carbonyl (C=O) groups is 1. The molecule has 1 saturated heterocycles. The lowest BCUT2D eigenvalue weighted by molar-refractivity contribution is 0.0746. The quantitative estimate of drug-likeness (QED) is 0.839. The van der Waals surface area contributed by atoms with Gasteiger partial charge < -0.3 is 14.5 Å². The minimum atomic E-state index is -0.00351. The predicted molar refractivity (Wildman–Crippen MR) is 78.8 cm³/mol. The normalized spacial score (nSPS) is 15.1. The first-order valence-corrected chi connectivity index (χ1v) is 7.46. The van der Waals surface area contributed by atoms with Crippen molar-refractivity contribution in [1.82, 2.24) is 19.9 Å². The van der Waals surface area contributed by atoms with Gasteiger partial charge in [-0.1, -0.05) is 0 Å². The van der Waals surface area contributed by atoms with Gasteiger partial charge in [0.1, 0.15) is 0 Å². The molecule has 0 atom stereocenters. The van der Waals surface area contributed by atoms with Crippen molar-refractivity contribution in [2.75, 3.05) is 38.2 Å². The van der Waals surface area contributed by atoms with E-state index in [0.29, 0.717) is 43.0 Å². The van der Waals surface area contributed by atoms with E-state index in [1.165, 1.54) is 11.3 Å². The first-order chi connectivity index (χ1) is 10.3. The minimum Gasteiger partial charge on any atom is -0.481 e. The SMILES string of the molecule is COc1ccnc(N2CCN(C(=O)c3nccs3)CC2)n1. The van der Waals surface area contributed by atoms with Gasteiger partial charge in [-0.2, -0.15) is 4.98 Å². The molecule has 21 heavy (non-hydrogen) atoms. The average Bonchev–Trinajstić information content (AvgIpc) is 3.09. The van der Waals surface area contributed by atoms with Crippen LogP contribution in [-0.4, -0.2) is 59.0 Å². The number of anilines is 1. The van der Waals surface area contributed by atoms with Crippen LogP contribution in [0.2, 0.25) is 0 Å². The van der Waals surface area contributed by atoms with Crippen LogP contribution >= 0.6 is 11.3 Å². The van der Waals surface area contributed by atoms with E-state index in [9.17, 15) is 4.79 Å². The van der Waals surface area contributed by atoms with E-state index in [4.69, 9.17) is 4.74 Å². The molecule has 0 bridgehead atoms. The molecular formula is C13H15N5O2S. The second kappa shape index (κ2) is 6.04. The van der Waals surface area contributed by atoms with E-state index < -0.39 is 0 Å². The van der Waals surface area contributed by atoms with Gasteiger partial charge in [-0.15, -0.1) is 11.3 Å². The number of hydrogen-bond donors (Lipinski definition) is 0. The van der Waals surface area contributed by atoms with Gasteiger partial charge in [-0.25, -0.2) is 9.97 Å². The summed E-state index contributed by atoms with van der Waals surface area (Å²) in [5.41, 5.74) is 0. The van der Waals surface area contributed by atoms with Gasteiger partial charge in [0.15, 0.2) is 5.01 Å². The van der Waals surface area contributed by atoms with Crippen molar-refractivity contribution in [2.24, 2.45) is 0 Å². The van der Waals surface area contributed by atoms with Crippen molar-refractivity contribution in [3.8, 4) is 5.88 Å². The molecule has 1 aliphatic rings. The largest absolute Gasteiger partial charge is 0.481 e. The highest BCUT2D eigenvalue weighted by Crippen LogP contribution is 2.16. The van der Waals surface area contributed by atoms with Gasteiger partial charge in [0, 0.05) is 50.0 Å². The summed E-state index contributed by atoms with van der Waals surface area (Å²) < 4.78 is 5.10. The van der Waals surface area contributed by atoms with Crippen molar-refractivity contribution in [2.45, 2.75) is 0 Å². The van der Waals surface area contributed by atoms with Crippen molar-refractivity contribution < 1.29 is 9.53 Å². The number of rotatable bonds is 3. The molecule has 0 saturated carbocycles. The van der Waals surface area contributed by atoms with Gasteiger partial charge in [0.25, 0.3) is 5.91 Å². The van der Waals surface area contributed by atoms with Crippen LogP contribution in [0, 0.1) is 0 Å². The number of amides is 1. The minimum absolute atomic E-state index is 0.00351. The zero-order valence-electron chi connectivity index (χ0n) is 11.6. The third-order valence-electron chi connectivity index (χ3n) is 3.29. The summed E-state index contributed by atoms with van der Waals surface area (Å²) >= 11 is 1.37. The Bertz CT molecular complexity index is 611. The summed E-state index contributed by atoms with van der Waals surface area (Å²) in [4.78, 5) is 28.7. The Morgan fingerprint density at radius 2 is 2.05 bits per heavy atom. The molecule has 0 aromatic carbocycles. The molecule has 1 aliphatic heterocycles. The topological polar surface area (TPSA) is 71.5 Å². The fourth-order valence-corrected chi connectivity index (χ4v) is 2.77. The van der Waals surface area contributed by atoms with Gasteiger partial charge in [0.2, 0.25) is 11.8 Å². The average molecular weight is 305 g/mol. The lowest BCUT2D eigenvalue weighted by Gasteiger charge is -2.34. The van der Waals surface area contributed by atoms with Crippen LogP contribution in [0.4, 0.5) is 5.95 Å². The van der Waals surface area contributed by atoms with E-state index >= 15 is 0 Å². The maximum Gasteiger partial charge on any atom is 0.282 e. The van der Waals surface area contributed by atoms with Crippen LogP contribution in [0.1, 0.15) is 9.80 Å². The highest BCUT2D eigenvalue weighted by atomic mass is 32.1. The summed E-state index contributed by atoms with van der Waals surface area (Å²) in [6, 6.07) is 1.71. The van der Waals surface area contributed by atoms with Crippen LogP contribution in [0.5, 0.6) is 5.88 Å². The molecule has 7 nitrogen and oxygen atoms in total. The predicted octanol–water partition coefficient (Wildman–Crippen LogP) is 0.904. The van der Waals surface area contributed by atoms with Crippen LogP contribution in [0.25, 0.3) is 0 Å². The Labute approximate surface area is 126 Å². The maximum absolute atomic E-state index is 12.2. The maximum atomic E-state index is 12.2. The molecular weight excluding hydrogens is 290 g/mol. The Morgan fingerprint density at radius 1 is 1.24 bits per heavy atom. The number of carbonyl (C=O) groups excluding carboxylic acids is 1. The van der Waals surface area contributed by atoms with E-state index in [2.05, 4.69) is 15.0 Å². The van der Waals surface area contributed by atoms with Gasteiger partial charge in [-0.05, 0) is 0 Å². The zero-order chi connectivity index (χ0) is 14.7. The smallest absolute Gasteiger partial charge is 0.282 e. The molecule has 0 radical (unpaired) electrons. The molecule has 0 spiro atoms. The molecule has 110 valence electrons. The number of nitrogens with zero attached hydrogens (tertiary/aromatic N) is 5. The van der Waals surface area contributed by atoms with Gasteiger partial charge >= 0.3 is 0 Å². The Balaban J connectivity index is 1.63. The van der Waals surface area contributed by atoms with Crippen LogP contribution < -0.4 is 9.64 Å². The second-order valence-electron chi connectivity index (χ2n) is 4.52. The highest BCUT2D eigenvalue weighted by Gasteiger charge is 2.24. The molecule has 0 unspecified atom stereocenters. The van der Waals surface area contributed by atoms with Crippen LogP contribution in [0.15, 0.2) is 23.8 Å². The molecule has 2 aromatic heterocycles. The number of piperazine rings is 1. The third-order valence-corrected chi connectivity index (χ3v) is 4.05. The number of ether oxygens (including phenoxy) is 1. The first kappa shape index (κ1) is 13.7. The van der Waals surface area contributed by atoms with E-state index in [-0.39, 0.29) is 5.91 Å². The molecule has 3 rings (SSSR count). The number of methoxy groups -OCH3 is 1. The summed E-state index contributed by atoms with van der Waals surface area (Å²) in [6.07, 6.45) is 3.33. The molecule has 0 aliphatic carbocycles. The van der Waals surface area contributed by atoms with Gasteiger partial charge in [-0.3, -0.25) is 4.79 Å². The van der Waals surface area contributed by atoms with E-state index in [1.54, 1.807) is 25.6 Å². The molecule has 1 fully saturated rings. The van der Waals surface area contributed by atoms with Crippen molar-refractivity contribution in [3.05, 3.63) is 28.8 Å². The number of aromatic nitrogens is 3. The van der Waals surface area contributed by atoms with E-state index in [1.807, 2.05) is 15.2 Å². The molecule has 0 N–H and O–H groups in total.